The molecule has 3 rings (SSSR count). The maximum Gasteiger partial charge on any atom is 0.250 e. The Hall–Kier alpha value is -2.41. The standard InChI is InChI=1S/C18H13Cl2N3O2S/c1-10(24)21-13-5-6-15-16(9-13)26-18(22-15)23-17(25)7-3-11-2-4-12(19)8-14(11)20/h2-9H,1H3,(H,21,24)(H,22,23,25)/b7-3+. The number of nitrogens with zero attached hydrogens (tertiary/aromatic N) is 1. The Labute approximate surface area is 163 Å². The Morgan fingerprint density at radius 2 is 1.92 bits per heavy atom. The molecule has 0 fully saturated rings. The average molecular weight is 406 g/mol. The molecule has 0 aliphatic carbocycles. The van der Waals surface area contributed by atoms with Crippen LogP contribution in [0, 0.1) is 0 Å². The third-order valence-corrected chi connectivity index (χ3v) is 4.81. The van der Waals surface area contributed by atoms with E-state index in [1.807, 2.05) is 6.07 Å². The summed E-state index contributed by atoms with van der Waals surface area (Å²) < 4.78 is 0.858. The monoisotopic (exact) mass is 405 g/mol. The van der Waals surface area contributed by atoms with Gasteiger partial charge in [-0.2, -0.15) is 0 Å². The minimum Gasteiger partial charge on any atom is -0.326 e. The number of carbonyl (C=O) groups is 2. The summed E-state index contributed by atoms with van der Waals surface area (Å²) in [7, 11) is 0. The number of thiazole rings is 1. The van der Waals surface area contributed by atoms with Crippen molar-refractivity contribution in [2.24, 2.45) is 0 Å². The molecular formula is C18H13Cl2N3O2S. The molecule has 0 unspecified atom stereocenters. The molecule has 0 aliphatic rings. The van der Waals surface area contributed by atoms with Gasteiger partial charge >= 0.3 is 0 Å². The van der Waals surface area contributed by atoms with Crippen molar-refractivity contribution < 1.29 is 9.59 Å². The summed E-state index contributed by atoms with van der Waals surface area (Å²) in [5.74, 6) is -0.467. The van der Waals surface area contributed by atoms with Crippen molar-refractivity contribution in [3.05, 3.63) is 58.1 Å². The number of nitrogens with one attached hydrogen (secondary N) is 2. The van der Waals surface area contributed by atoms with Gasteiger partial charge in [-0.25, -0.2) is 4.98 Å². The minimum absolute atomic E-state index is 0.145. The maximum absolute atomic E-state index is 12.1. The lowest BCUT2D eigenvalue weighted by atomic mass is 10.2. The molecule has 5 nitrogen and oxygen atoms in total. The largest absolute Gasteiger partial charge is 0.326 e. The third kappa shape index (κ3) is 4.60. The summed E-state index contributed by atoms with van der Waals surface area (Å²) in [5.41, 5.74) is 2.11. The topological polar surface area (TPSA) is 71.1 Å². The Balaban J connectivity index is 1.72. The summed E-state index contributed by atoms with van der Waals surface area (Å²) in [6, 6.07) is 10.4. The second-order valence-corrected chi connectivity index (χ2v) is 7.25. The average Bonchev–Trinajstić information content (AvgIpc) is 2.94. The minimum atomic E-state index is -0.322. The fourth-order valence-electron chi connectivity index (χ4n) is 2.21. The lowest BCUT2D eigenvalue weighted by Crippen LogP contribution is -2.07. The zero-order valence-electron chi connectivity index (χ0n) is 13.5. The van der Waals surface area contributed by atoms with Crippen molar-refractivity contribution in [1.82, 2.24) is 4.98 Å². The molecule has 0 aliphatic heterocycles. The molecule has 2 aromatic carbocycles. The van der Waals surface area contributed by atoms with Crippen LogP contribution < -0.4 is 10.6 Å². The number of benzene rings is 2. The highest BCUT2D eigenvalue weighted by Gasteiger charge is 2.07. The van der Waals surface area contributed by atoms with Gasteiger partial charge in [0.25, 0.3) is 0 Å². The van der Waals surface area contributed by atoms with Crippen molar-refractivity contribution in [3.8, 4) is 0 Å². The number of aromatic nitrogens is 1. The molecule has 8 heteroatoms. The SMILES string of the molecule is CC(=O)Nc1ccc2nc(NC(=O)/C=C/c3ccc(Cl)cc3Cl)sc2c1. The van der Waals surface area contributed by atoms with E-state index in [1.165, 1.54) is 24.3 Å². The lowest BCUT2D eigenvalue weighted by molar-refractivity contribution is -0.114. The molecule has 0 bridgehead atoms. The van der Waals surface area contributed by atoms with E-state index in [0.29, 0.717) is 26.4 Å². The Bertz CT molecular complexity index is 1030. The predicted molar refractivity (Wildman–Crippen MR) is 108 cm³/mol. The van der Waals surface area contributed by atoms with Crippen LogP contribution in [-0.4, -0.2) is 16.8 Å². The number of anilines is 2. The lowest BCUT2D eigenvalue weighted by Gasteiger charge is -1.99. The van der Waals surface area contributed by atoms with Crippen molar-refractivity contribution in [2.75, 3.05) is 10.6 Å². The number of rotatable bonds is 4. The number of amides is 2. The van der Waals surface area contributed by atoms with Gasteiger partial charge in [0.05, 0.1) is 10.2 Å². The highest BCUT2D eigenvalue weighted by atomic mass is 35.5. The summed E-state index contributed by atoms with van der Waals surface area (Å²) in [4.78, 5) is 27.6. The zero-order chi connectivity index (χ0) is 18.7. The van der Waals surface area contributed by atoms with Gasteiger partial charge in [-0.1, -0.05) is 40.6 Å². The predicted octanol–water partition coefficient (Wildman–Crippen LogP) is 5.21. The number of hydrogen-bond acceptors (Lipinski definition) is 4. The number of fused-ring (bicyclic) bond motifs is 1. The van der Waals surface area contributed by atoms with Gasteiger partial charge in [-0.05, 0) is 42.0 Å². The molecule has 2 N–H and O–H groups in total. The van der Waals surface area contributed by atoms with E-state index >= 15 is 0 Å². The second kappa shape index (κ2) is 7.86. The highest BCUT2D eigenvalue weighted by molar-refractivity contribution is 7.22. The number of hydrogen-bond donors (Lipinski definition) is 2. The molecule has 0 spiro atoms. The van der Waals surface area contributed by atoms with E-state index in [4.69, 9.17) is 23.2 Å². The molecule has 1 heterocycles. The van der Waals surface area contributed by atoms with E-state index in [1.54, 1.807) is 36.4 Å². The van der Waals surface area contributed by atoms with Gasteiger partial charge in [0.1, 0.15) is 0 Å². The summed E-state index contributed by atoms with van der Waals surface area (Å²) in [6.45, 7) is 1.45. The van der Waals surface area contributed by atoms with Gasteiger partial charge in [-0.15, -0.1) is 0 Å². The van der Waals surface area contributed by atoms with Crippen LogP contribution in [0.25, 0.3) is 16.3 Å². The van der Waals surface area contributed by atoms with E-state index in [-0.39, 0.29) is 11.8 Å². The number of halogens is 2. The van der Waals surface area contributed by atoms with E-state index in [9.17, 15) is 9.59 Å². The normalized spacial score (nSPS) is 11.0. The highest BCUT2D eigenvalue weighted by Crippen LogP contribution is 2.28. The molecule has 0 atom stereocenters. The third-order valence-electron chi connectivity index (χ3n) is 3.32. The van der Waals surface area contributed by atoms with Gasteiger partial charge in [0.15, 0.2) is 5.13 Å². The van der Waals surface area contributed by atoms with Crippen LogP contribution in [0.2, 0.25) is 10.0 Å². The van der Waals surface area contributed by atoms with Crippen molar-refractivity contribution in [3.63, 3.8) is 0 Å². The van der Waals surface area contributed by atoms with Crippen molar-refractivity contribution in [1.29, 1.82) is 0 Å². The van der Waals surface area contributed by atoms with Crippen molar-refractivity contribution in [2.45, 2.75) is 6.92 Å². The molecule has 0 radical (unpaired) electrons. The summed E-state index contributed by atoms with van der Waals surface area (Å²) in [6.07, 6.45) is 2.99. The van der Waals surface area contributed by atoms with Crippen LogP contribution in [0.4, 0.5) is 10.8 Å². The molecule has 0 saturated carbocycles. The van der Waals surface area contributed by atoms with Gasteiger partial charge in [0.2, 0.25) is 11.8 Å². The van der Waals surface area contributed by atoms with Crippen molar-refractivity contribution >= 4 is 73.5 Å². The first kappa shape index (κ1) is 18.4. The molecule has 2 amide bonds. The van der Waals surface area contributed by atoms with E-state index in [0.717, 1.165) is 10.2 Å². The maximum atomic E-state index is 12.1. The summed E-state index contributed by atoms with van der Waals surface area (Å²) in [5, 5.41) is 6.90. The molecular weight excluding hydrogens is 393 g/mol. The first-order valence-corrected chi connectivity index (χ1v) is 9.10. The molecule has 0 saturated heterocycles. The van der Waals surface area contributed by atoms with E-state index < -0.39 is 0 Å². The zero-order valence-corrected chi connectivity index (χ0v) is 15.9. The molecule has 3 aromatic rings. The second-order valence-electron chi connectivity index (χ2n) is 5.37. The quantitative estimate of drug-likeness (QED) is 0.584. The fourth-order valence-corrected chi connectivity index (χ4v) is 3.59. The van der Waals surface area contributed by atoms with Gasteiger partial charge < -0.3 is 5.32 Å². The van der Waals surface area contributed by atoms with Gasteiger partial charge in [-0.3, -0.25) is 14.9 Å². The Morgan fingerprint density at radius 1 is 1.12 bits per heavy atom. The Kier molecular flexibility index (Phi) is 5.56. The first-order chi connectivity index (χ1) is 12.4. The molecule has 132 valence electrons. The smallest absolute Gasteiger partial charge is 0.250 e. The van der Waals surface area contributed by atoms with Crippen LogP contribution in [-0.2, 0) is 9.59 Å². The number of carbonyl (C=O) groups excluding carboxylic acids is 2. The van der Waals surface area contributed by atoms with E-state index in [2.05, 4.69) is 15.6 Å². The Morgan fingerprint density at radius 3 is 2.65 bits per heavy atom. The van der Waals surface area contributed by atoms with Crippen LogP contribution >= 0.6 is 34.5 Å². The van der Waals surface area contributed by atoms with Crippen LogP contribution in [0.5, 0.6) is 0 Å². The van der Waals surface area contributed by atoms with Gasteiger partial charge in [0, 0.05) is 28.7 Å². The molecule has 26 heavy (non-hydrogen) atoms. The first-order valence-electron chi connectivity index (χ1n) is 7.53. The van der Waals surface area contributed by atoms with Crippen LogP contribution in [0.1, 0.15) is 12.5 Å². The van der Waals surface area contributed by atoms with Crippen LogP contribution in [0.3, 0.4) is 0 Å². The molecule has 1 aromatic heterocycles. The van der Waals surface area contributed by atoms with Crippen LogP contribution in [0.15, 0.2) is 42.5 Å². The summed E-state index contributed by atoms with van der Waals surface area (Å²) >= 11 is 13.2. The fraction of sp³-hybridized carbons (Fsp3) is 0.0556.